The quantitative estimate of drug-likeness (QED) is 0.318. The second-order valence-electron chi connectivity index (χ2n) is 7.64. The number of carbonyl (C=O) groups excluding carboxylic acids is 3. The zero-order valence-corrected chi connectivity index (χ0v) is 18.6. The van der Waals surface area contributed by atoms with E-state index >= 15 is 0 Å². The number of ether oxygens (including phenoxy) is 2. The van der Waals surface area contributed by atoms with Gasteiger partial charge in [-0.15, -0.1) is 0 Å². The number of nitro groups is 1. The predicted octanol–water partition coefficient (Wildman–Crippen LogP) is 2.75. The van der Waals surface area contributed by atoms with Gasteiger partial charge in [-0.05, 0) is 17.0 Å². The van der Waals surface area contributed by atoms with Crippen molar-refractivity contribution in [3.05, 3.63) is 75.8 Å². The molecule has 0 aromatic heterocycles. The van der Waals surface area contributed by atoms with Crippen LogP contribution in [0.25, 0.3) is 0 Å². The Morgan fingerprint density at radius 2 is 1.61 bits per heavy atom. The third kappa shape index (κ3) is 7.91. The molecule has 0 radical (unpaired) electrons. The molecule has 0 aliphatic carbocycles. The Hall–Kier alpha value is -3.95. The van der Waals surface area contributed by atoms with E-state index in [2.05, 4.69) is 10.6 Å². The number of nitrogens with zero attached hydrogens (tertiary/aromatic N) is 1. The number of benzene rings is 2. The molecule has 2 atom stereocenters. The lowest BCUT2D eigenvalue weighted by atomic mass is 10.0. The molecule has 10 heteroatoms. The molecule has 33 heavy (non-hydrogen) atoms. The van der Waals surface area contributed by atoms with Crippen molar-refractivity contribution in [2.24, 2.45) is 5.92 Å². The van der Waals surface area contributed by atoms with Crippen LogP contribution in [0.2, 0.25) is 0 Å². The molecule has 176 valence electrons. The Balaban J connectivity index is 2.03. The average Bonchev–Trinajstić information content (AvgIpc) is 2.80. The summed E-state index contributed by atoms with van der Waals surface area (Å²) in [6.45, 7) is 3.53. The van der Waals surface area contributed by atoms with E-state index in [4.69, 9.17) is 9.47 Å². The minimum absolute atomic E-state index is 0.0457. The van der Waals surface area contributed by atoms with Crippen LogP contribution in [0.1, 0.15) is 25.0 Å². The SMILES string of the molecule is COC(=O)[C@H](Cc1ccc([N+](=O)[O-])cc1)NC(=O)[C@@H](NC(=O)OCc1ccccc1)C(C)C. The van der Waals surface area contributed by atoms with E-state index in [1.807, 2.05) is 18.2 Å². The molecule has 2 rings (SSSR count). The first kappa shape index (κ1) is 25.3. The van der Waals surface area contributed by atoms with Crippen LogP contribution in [-0.2, 0) is 32.1 Å². The number of non-ortho nitro benzene ring substituents is 1. The second-order valence-corrected chi connectivity index (χ2v) is 7.64. The van der Waals surface area contributed by atoms with Gasteiger partial charge in [-0.3, -0.25) is 14.9 Å². The summed E-state index contributed by atoms with van der Waals surface area (Å²) < 4.78 is 9.96. The van der Waals surface area contributed by atoms with Crippen LogP contribution in [0.5, 0.6) is 0 Å². The highest BCUT2D eigenvalue weighted by molar-refractivity contribution is 5.90. The van der Waals surface area contributed by atoms with E-state index in [1.165, 1.54) is 31.4 Å². The van der Waals surface area contributed by atoms with E-state index in [0.717, 1.165) is 5.56 Å². The molecule has 0 saturated heterocycles. The third-order valence-corrected chi connectivity index (χ3v) is 4.82. The van der Waals surface area contributed by atoms with E-state index in [0.29, 0.717) is 5.56 Å². The van der Waals surface area contributed by atoms with Crippen LogP contribution in [0.4, 0.5) is 10.5 Å². The van der Waals surface area contributed by atoms with Crippen molar-refractivity contribution in [1.82, 2.24) is 10.6 Å². The molecular formula is C23H27N3O7. The molecule has 0 saturated carbocycles. The minimum Gasteiger partial charge on any atom is -0.467 e. The smallest absolute Gasteiger partial charge is 0.408 e. The van der Waals surface area contributed by atoms with Gasteiger partial charge in [-0.2, -0.15) is 0 Å². The lowest BCUT2D eigenvalue weighted by Gasteiger charge is -2.24. The number of hydrogen-bond donors (Lipinski definition) is 2. The number of alkyl carbamates (subject to hydrolysis) is 1. The van der Waals surface area contributed by atoms with Crippen molar-refractivity contribution in [1.29, 1.82) is 0 Å². The first-order valence-electron chi connectivity index (χ1n) is 10.3. The van der Waals surface area contributed by atoms with Gasteiger partial charge in [0, 0.05) is 18.6 Å². The number of nitro benzene ring substituents is 1. The van der Waals surface area contributed by atoms with Gasteiger partial charge in [0.15, 0.2) is 0 Å². The Labute approximate surface area is 191 Å². The molecule has 0 aliphatic heterocycles. The summed E-state index contributed by atoms with van der Waals surface area (Å²) in [5.41, 5.74) is 1.30. The van der Waals surface area contributed by atoms with Crippen molar-refractivity contribution in [2.45, 2.75) is 39.0 Å². The van der Waals surface area contributed by atoms with Crippen LogP contribution in [-0.4, -0.2) is 42.1 Å². The van der Waals surface area contributed by atoms with Gasteiger partial charge >= 0.3 is 12.1 Å². The van der Waals surface area contributed by atoms with Crippen molar-refractivity contribution < 1.29 is 28.8 Å². The third-order valence-electron chi connectivity index (χ3n) is 4.82. The summed E-state index contributed by atoms with van der Waals surface area (Å²) >= 11 is 0. The maximum Gasteiger partial charge on any atom is 0.408 e. The predicted molar refractivity (Wildman–Crippen MR) is 119 cm³/mol. The summed E-state index contributed by atoms with van der Waals surface area (Å²) in [4.78, 5) is 47.6. The van der Waals surface area contributed by atoms with Crippen LogP contribution in [0, 0.1) is 16.0 Å². The number of carbonyl (C=O) groups is 3. The lowest BCUT2D eigenvalue weighted by molar-refractivity contribution is -0.384. The fourth-order valence-corrected chi connectivity index (χ4v) is 3.01. The molecule has 0 fully saturated rings. The normalized spacial score (nSPS) is 12.4. The second kappa shape index (κ2) is 12.2. The standard InChI is InChI=1S/C23H27N3O7/c1-15(2)20(25-23(29)33-14-17-7-5-4-6-8-17)21(27)24-19(22(28)32-3)13-16-9-11-18(12-10-16)26(30)31/h4-12,15,19-20H,13-14H2,1-3H3,(H,24,27)(H,25,29)/t19-,20-/m0/s1. The van der Waals surface area contributed by atoms with Crippen LogP contribution in [0.15, 0.2) is 54.6 Å². The van der Waals surface area contributed by atoms with Gasteiger partial charge in [0.25, 0.3) is 5.69 Å². The first-order chi connectivity index (χ1) is 15.7. The van der Waals surface area contributed by atoms with Crippen molar-refractivity contribution in [2.75, 3.05) is 7.11 Å². The van der Waals surface area contributed by atoms with E-state index < -0.39 is 35.0 Å². The van der Waals surface area contributed by atoms with Gasteiger partial charge in [0.05, 0.1) is 12.0 Å². The maximum atomic E-state index is 12.9. The molecular weight excluding hydrogens is 430 g/mol. The number of methoxy groups -OCH3 is 1. The van der Waals surface area contributed by atoms with Crippen molar-refractivity contribution >= 4 is 23.7 Å². The van der Waals surface area contributed by atoms with Crippen LogP contribution < -0.4 is 10.6 Å². The van der Waals surface area contributed by atoms with E-state index in [1.54, 1.807) is 26.0 Å². The number of nitrogens with one attached hydrogen (secondary N) is 2. The molecule has 0 bridgehead atoms. The Morgan fingerprint density at radius 1 is 0.970 bits per heavy atom. The molecule has 0 aliphatic rings. The molecule has 2 aromatic carbocycles. The van der Waals surface area contributed by atoms with Gasteiger partial charge in [0.1, 0.15) is 18.7 Å². The topological polar surface area (TPSA) is 137 Å². The first-order valence-corrected chi connectivity index (χ1v) is 10.3. The Morgan fingerprint density at radius 3 is 2.15 bits per heavy atom. The minimum atomic E-state index is -1.05. The molecule has 2 aromatic rings. The fourth-order valence-electron chi connectivity index (χ4n) is 3.01. The molecule has 2 N–H and O–H groups in total. The zero-order valence-electron chi connectivity index (χ0n) is 18.6. The lowest BCUT2D eigenvalue weighted by Crippen LogP contribution is -2.54. The summed E-state index contributed by atoms with van der Waals surface area (Å²) in [6, 6.07) is 12.7. The molecule has 0 heterocycles. The number of hydrogen-bond acceptors (Lipinski definition) is 7. The number of esters is 1. The van der Waals surface area contributed by atoms with Crippen molar-refractivity contribution in [3.63, 3.8) is 0 Å². The monoisotopic (exact) mass is 457 g/mol. The molecule has 0 spiro atoms. The Kier molecular flexibility index (Phi) is 9.34. The van der Waals surface area contributed by atoms with Crippen molar-refractivity contribution in [3.8, 4) is 0 Å². The van der Waals surface area contributed by atoms with Gasteiger partial charge in [-0.25, -0.2) is 9.59 Å². The van der Waals surface area contributed by atoms with Crippen LogP contribution in [0.3, 0.4) is 0 Å². The highest BCUT2D eigenvalue weighted by atomic mass is 16.6. The fraction of sp³-hybridized carbons (Fsp3) is 0.348. The summed E-state index contributed by atoms with van der Waals surface area (Å²) in [5.74, 6) is -1.57. The average molecular weight is 457 g/mol. The Bertz CT molecular complexity index is 962. The largest absolute Gasteiger partial charge is 0.467 e. The van der Waals surface area contributed by atoms with Gasteiger partial charge in [0.2, 0.25) is 5.91 Å². The summed E-state index contributed by atoms with van der Waals surface area (Å²) in [7, 11) is 1.19. The molecule has 2 amide bonds. The zero-order chi connectivity index (χ0) is 24.4. The highest BCUT2D eigenvalue weighted by Crippen LogP contribution is 2.14. The number of rotatable bonds is 10. The van der Waals surface area contributed by atoms with E-state index in [9.17, 15) is 24.5 Å². The maximum absolute atomic E-state index is 12.9. The number of amides is 2. The summed E-state index contributed by atoms with van der Waals surface area (Å²) in [6.07, 6.45) is -0.711. The van der Waals surface area contributed by atoms with E-state index in [-0.39, 0.29) is 24.6 Å². The van der Waals surface area contributed by atoms with Gasteiger partial charge < -0.3 is 20.1 Å². The summed E-state index contributed by atoms with van der Waals surface area (Å²) in [5, 5.41) is 15.9. The molecule has 10 nitrogen and oxygen atoms in total. The van der Waals surface area contributed by atoms with Gasteiger partial charge in [-0.1, -0.05) is 56.3 Å². The highest BCUT2D eigenvalue weighted by Gasteiger charge is 2.30. The molecule has 0 unspecified atom stereocenters. The van der Waals surface area contributed by atoms with Crippen LogP contribution >= 0.6 is 0 Å².